The Morgan fingerprint density at radius 2 is 2.18 bits per heavy atom. The fourth-order valence-electron chi connectivity index (χ4n) is 1.63. The summed E-state index contributed by atoms with van der Waals surface area (Å²) in [6.45, 7) is 0.292. The molecule has 6 nitrogen and oxygen atoms in total. The second-order valence-electron chi connectivity index (χ2n) is 3.78. The van der Waals surface area contributed by atoms with E-state index in [0.29, 0.717) is 6.07 Å². The second-order valence-corrected chi connectivity index (χ2v) is 3.78. The molecule has 0 saturated carbocycles. The van der Waals surface area contributed by atoms with Crippen LogP contribution in [0.25, 0.3) is 0 Å². The van der Waals surface area contributed by atoms with E-state index in [4.69, 9.17) is 5.11 Å². The highest BCUT2D eigenvalue weighted by Gasteiger charge is 2.33. The normalized spacial score (nSPS) is 15.5. The van der Waals surface area contributed by atoms with Crippen LogP contribution < -0.4 is 0 Å². The van der Waals surface area contributed by atoms with Crippen LogP contribution in [0.15, 0.2) is 18.2 Å². The van der Waals surface area contributed by atoms with Crippen LogP contribution in [0.1, 0.15) is 10.4 Å². The van der Waals surface area contributed by atoms with Crippen LogP contribution in [0, 0.1) is 15.9 Å². The Morgan fingerprint density at radius 1 is 1.53 bits per heavy atom. The summed E-state index contributed by atoms with van der Waals surface area (Å²) in [5.41, 5.74) is -0.723. The van der Waals surface area contributed by atoms with Gasteiger partial charge in [-0.3, -0.25) is 14.9 Å². The number of hydrogen-bond donors (Lipinski definition) is 1. The van der Waals surface area contributed by atoms with Gasteiger partial charge in [-0.25, -0.2) is 4.39 Å². The molecule has 90 valence electrons. The Balaban J connectivity index is 2.31. The van der Waals surface area contributed by atoms with Crippen molar-refractivity contribution in [3.05, 3.63) is 39.7 Å². The first kappa shape index (κ1) is 11.5. The number of β-amino-alcohol motifs (C(OH)–C–C–N with tert-alkyl or cyclic N) is 1. The minimum Gasteiger partial charge on any atom is -0.389 e. The molecule has 1 aliphatic rings. The monoisotopic (exact) mass is 240 g/mol. The first-order valence-corrected chi connectivity index (χ1v) is 4.90. The maximum atomic E-state index is 12.9. The van der Waals surface area contributed by atoms with Crippen molar-refractivity contribution in [2.45, 2.75) is 6.10 Å². The first-order valence-electron chi connectivity index (χ1n) is 4.90. The average Bonchev–Trinajstić information content (AvgIpc) is 2.23. The highest BCUT2D eigenvalue weighted by Crippen LogP contribution is 2.23. The molecule has 0 bridgehead atoms. The van der Waals surface area contributed by atoms with Crippen molar-refractivity contribution >= 4 is 11.6 Å². The lowest BCUT2D eigenvalue weighted by Crippen LogP contribution is -2.53. The van der Waals surface area contributed by atoms with E-state index < -0.39 is 28.4 Å². The van der Waals surface area contributed by atoms with Gasteiger partial charge in [-0.1, -0.05) is 0 Å². The van der Waals surface area contributed by atoms with Crippen LogP contribution in [0.5, 0.6) is 0 Å². The molecule has 1 heterocycles. The number of benzene rings is 1. The van der Waals surface area contributed by atoms with Crippen molar-refractivity contribution in [2.24, 2.45) is 0 Å². The lowest BCUT2D eigenvalue weighted by molar-refractivity contribution is -0.385. The smallest absolute Gasteiger partial charge is 0.285 e. The standard InChI is InChI=1S/C10H9FN2O4/c11-6-1-2-8(9(3-6)13(16)17)10(15)12-4-7(14)5-12/h1-3,7,14H,4-5H2. The van der Waals surface area contributed by atoms with Crippen LogP contribution in [0.3, 0.4) is 0 Å². The summed E-state index contributed by atoms with van der Waals surface area (Å²) in [5.74, 6) is -1.33. The van der Waals surface area contributed by atoms with Gasteiger partial charge in [0.15, 0.2) is 0 Å². The summed E-state index contributed by atoms with van der Waals surface area (Å²) in [6.07, 6.45) is -0.585. The highest BCUT2D eigenvalue weighted by molar-refractivity contribution is 5.98. The molecule has 0 radical (unpaired) electrons. The Morgan fingerprint density at radius 3 is 2.71 bits per heavy atom. The maximum absolute atomic E-state index is 12.9. The van der Waals surface area contributed by atoms with E-state index in [9.17, 15) is 19.3 Å². The molecule has 1 aromatic carbocycles. The number of carbonyl (C=O) groups is 1. The zero-order valence-electron chi connectivity index (χ0n) is 8.67. The van der Waals surface area contributed by atoms with Crippen LogP contribution in [-0.2, 0) is 0 Å². The predicted octanol–water partition coefficient (Wildman–Crippen LogP) is 0.551. The summed E-state index contributed by atoms with van der Waals surface area (Å²) in [4.78, 5) is 23.0. The number of hydrogen-bond acceptors (Lipinski definition) is 4. The molecule has 1 aromatic rings. The molecule has 1 aliphatic heterocycles. The molecule has 0 aromatic heterocycles. The second kappa shape index (κ2) is 4.10. The van der Waals surface area contributed by atoms with Gasteiger partial charge in [0.25, 0.3) is 11.6 Å². The van der Waals surface area contributed by atoms with Gasteiger partial charge in [0.1, 0.15) is 11.4 Å². The van der Waals surface area contributed by atoms with Crippen molar-refractivity contribution in [2.75, 3.05) is 13.1 Å². The molecule has 0 spiro atoms. The topological polar surface area (TPSA) is 83.7 Å². The molecule has 1 fully saturated rings. The number of nitro benzene ring substituents is 1. The molecular weight excluding hydrogens is 231 g/mol. The van der Waals surface area contributed by atoms with Gasteiger partial charge in [-0.2, -0.15) is 0 Å². The fraction of sp³-hybridized carbons (Fsp3) is 0.300. The van der Waals surface area contributed by atoms with Gasteiger partial charge in [0.05, 0.1) is 17.1 Å². The lowest BCUT2D eigenvalue weighted by atomic mass is 10.1. The number of aliphatic hydroxyl groups excluding tert-OH is 1. The van der Waals surface area contributed by atoms with E-state index in [1.54, 1.807) is 0 Å². The highest BCUT2D eigenvalue weighted by atomic mass is 19.1. The predicted molar refractivity (Wildman–Crippen MR) is 55.0 cm³/mol. The Bertz CT molecular complexity index is 485. The van der Waals surface area contributed by atoms with E-state index in [-0.39, 0.29) is 18.7 Å². The Kier molecular flexibility index (Phi) is 2.76. The van der Waals surface area contributed by atoms with Crippen molar-refractivity contribution in [3.8, 4) is 0 Å². The summed E-state index contributed by atoms with van der Waals surface area (Å²) < 4.78 is 12.9. The molecule has 0 atom stereocenters. The number of amides is 1. The van der Waals surface area contributed by atoms with Crippen molar-refractivity contribution in [1.82, 2.24) is 4.90 Å². The molecular formula is C10H9FN2O4. The Hall–Kier alpha value is -2.02. The lowest BCUT2D eigenvalue weighted by Gasteiger charge is -2.35. The number of aliphatic hydroxyl groups is 1. The number of likely N-dealkylation sites (tertiary alicyclic amines) is 1. The van der Waals surface area contributed by atoms with Crippen molar-refractivity contribution in [1.29, 1.82) is 0 Å². The number of nitrogens with zero attached hydrogens (tertiary/aromatic N) is 2. The first-order chi connectivity index (χ1) is 7.99. The Labute approximate surface area is 95.4 Å². The van der Waals surface area contributed by atoms with Crippen LogP contribution >= 0.6 is 0 Å². The van der Waals surface area contributed by atoms with E-state index in [1.165, 1.54) is 4.90 Å². The third kappa shape index (κ3) is 2.09. The van der Waals surface area contributed by atoms with Gasteiger partial charge >= 0.3 is 0 Å². The van der Waals surface area contributed by atoms with Gasteiger partial charge < -0.3 is 10.0 Å². The van der Waals surface area contributed by atoms with Crippen molar-refractivity contribution in [3.63, 3.8) is 0 Å². The fourth-order valence-corrected chi connectivity index (χ4v) is 1.63. The van der Waals surface area contributed by atoms with Gasteiger partial charge in [-0.15, -0.1) is 0 Å². The average molecular weight is 240 g/mol. The summed E-state index contributed by atoms with van der Waals surface area (Å²) in [6, 6.07) is 2.79. The van der Waals surface area contributed by atoms with Gasteiger partial charge in [0, 0.05) is 13.1 Å². The van der Waals surface area contributed by atoms with Gasteiger partial charge in [-0.05, 0) is 12.1 Å². The summed E-state index contributed by atoms with van der Waals surface area (Å²) in [7, 11) is 0. The zero-order valence-corrected chi connectivity index (χ0v) is 8.67. The number of rotatable bonds is 2. The molecule has 7 heteroatoms. The summed E-state index contributed by atoms with van der Waals surface area (Å²) in [5, 5.41) is 19.7. The van der Waals surface area contributed by atoms with Crippen LogP contribution in [-0.4, -0.2) is 40.0 Å². The summed E-state index contributed by atoms with van der Waals surface area (Å²) >= 11 is 0. The molecule has 17 heavy (non-hydrogen) atoms. The molecule has 0 unspecified atom stereocenters. The third-order valence-corrected chi connectivity index (χ3v) is 2.54. The van der Waals surface area contributed by atoms with Crippen molar-refractivity contribution < 1.29 is 19.2 Å². The van der Waals surface area contributed by atoms with Crippen LogP contribution in [0.4, 0.5) is 10.1 Å². The van der Waals surface area contributed by atoms with E-state index >= 15 is 0 Å². The molecule has 0 aliphatic carbocycles. The zero-order chi connectivity index (χ0) is 12.6. The van der Waals surface area contributed by atoms with E-state index in [0.717, 1.165) is 12.1 Å². The molecule has 1 saturated heterocycles. The molecule has 1 N–H and O–H groups in total. The minimum absolute atomic E-state index is 0.146. The largest absolute Gasteiger partial charge is 0.389 e. The molecule has 2 rings (SSSR count). The maximum Gasteiger partial charge on any atom is 0.285 e. The van der Waals surface area contributed by atoms with E-state index in [2.05, 4.69) is 0 Å². The number of nitro groups is 1. The number of carbonyl (C=O) groups excluding carboxylic acids is 1. The SMILES string of the molecule is O=C(c1ccc(F)cc1[N+](=O)[O-])N1CC(O)C1. The quantitative estimate of drug-likeness (QED) is 0.604. The van der Waals surface area contributed by atoms with E-state index in [1.807, 2.05) is 0 Å². The minimum atomic E-state index is -0.799. The number of halogens is 1. The van der Waals surface area contributed by atoms with Crippen LogP contribution in [0.2, 0.25) is 0 Å². The van der Waals surface area contributed by atoms with Gasteiger partial charge in [0.2, 0.25) is 0 Å². The third-order valence-electron chi connectivity index (χ3n) is 2.54. The molecule has 1 amide bonds.